The maximum absolute atomic E-state index is 6.21. The molecule has 2 aromatic rings. The maximum Gasteiger partial charge on any atom is 0.127 e. The summed E-state index contributed by atoms with van der Waals surface area (Å²) in [5.74, 6) is 2.87. The van der Waals surface area contributed by atoms with E-state index < -0.39 is 0 Å². The summed E-state index contributed by atoms with van der Waals surface area (Å²) in [6, 6.07) is 12.9. The number of rotatable bonds is 2. The van der Waals surface area contributed by atoms with E-state index in [-0.39, 0.29) is 5.41 Å². The molecule has 0 amide bonds. The lowest BCUT2D eigenvalue weighted by molar-refractivity contribution is 0.129. The average molecular weight is 379 g/mol. The molecule has 1 saturated heterocycles. The third kappa shape index (κ3) is 2.31. The van der Waals surface area contributed by atoms with Crippen molar-refractivity contribution >= 4 is 22.5 Å². The first kappa shape index (κ1) is 16.0. The van der Waals surface area contributed by atoms with Crippen molar-refractivity contribution in [2.75, 3.05) is 25.6 Å². The molecule has 27 heavy (non-hydrogen) atoms. The summed E-state index contributed by atoms with van der Waals surface area (Å²) < 4.78 is 17.8. The number of ether oxygens (including phenoxy) is 3. The van der Waals surface area contributed by atoms with Gasteiger partial charge in [0.1, 0.15) is 23.5 Å². The van der Waals surface area contributed by atoms with Crippen LogP contribution in [0.3, 0.4) is 0 Å². The number of aliphatic imine (C=N–C) groups is 1. The number of fused-ring (bicyclic) bond motifs is 5. The van der Waals surface area contributed by atoms with Crippen LogP contribution in [0.1, 0.15) is 29.5 Å². The predicted octanol–water partition coefficient (Wildman–Crippen LogP) is 4.26. The SMILES string of the molecule is c1ccc2c(c1)N=C(SC[C@H]1CCCO1)C21COc2cc3c(cc21)CCO3. The highest BCUT2D eigenvalue weighted by molar-refractivity contribution is 8.14. The number of hydrogen-bond donors (Lipinski definition) is 0. The highest BCUT2D eigenvalue weighted by atomic mass is 32.2. The highest BCUT2D eigenvalue weighted by Crippen LogP contribution is 2.55. The lowest BCUT2D eigenvalue weighted by atomic mass is 9.77. The van der Waals surface area contributed by atoms with E-state index in [1.165, 1.54) is 23.1 Å². The zero-order valence-electron chi connectivity index (χ0n) is 15.1. The van der Waals surface area contributed by atoms with Gasteiger partial charge in [0.05, 0.1) is 23.4 Å². The Kier molecular flexibility index (Phi) is 3.57. The Morgan fingerprint density at radius 3 is 2.96 bits per heavy atom. The van der Waals surface area contributed by atoms with Crippen LogP contribution in [0.5, 0.6) is 11.5 Å². The van der Waals surface area contributed by atoms with Gasteiger partial charge in [-0.1, -0.05) is 18.2 Å². The standard InChI is InChI=1S/C22H21NO3S/c1-2-6-18-16(5-1)22(21(23-18)27-12-15-4-3-8-24-15)13-26-20-11-19-14(7-9-25-19)10-17(20)22/h1-2,5-6,10-11,15H,3-4,7-9,12-13H2/t15-,22?/m1/s1. The summed E-state index contributed by atoms with van der Waals surface area (Å²) in [6.45, 7) is 2.26. The molecule has 1 unspecified atom stereocenters. The number of para-hydroxylation sites is 1. The van der Waals surface area contributed by atoms with Crippen LogP contribution in [0, 0.1) is 0 Å². The quantitative estimate of drug-likeness (QED) is 0.782. The fraction of sp³-hybridized carbons (Fsp3) is 0.409. The van der Waals surface area contributed by atoms with Crippen molar-refractivity contribution in [3.8, 4) is 11.5 Å². The number of benzene rings is 2. The molecule has 0 N–H and O–H groups in total. The van der Waals surface area contributed by atoms with E-state index in [9.17, 15) is 0 Å². The van der Waals surface area contributed by atoms with Crippen LogP contribution in [0.15, 0.2) is 41.4 Å². The van der Waals surface area contributed by atoms with E-state index in [0.717, 1.165) is 54.0 Å². The molecule has 0 saturated carbocycles. The topological polar surface area (TPSA) is 40.0 Å². The second kappa shape index (κ2) is 6.01. The smallest absolute Gasteiger partial charge is 0.127 e. The zero-order chi connectivity index (χ0) is 17.8. The third-order valence-electron chi connectivity index (χ3n) is 6.08. The molecule has 5 heteroatoms. The van der Waals surface area contributed by atoms with E-state index in [4.69, 9.17) is 19.2 Å². The Bertz CT molecular complexity index is 951. The van der Waals surface area contributed by atoms with E-state index in [0.29, 0.717) is 12.7 Å². The lowest BCUT2D eigenvalue weighted by Gasteiger charge is -2.26. The Balaban J connectivity index is 1.45. The molecular weight excluding hydrogens is 358 g/mol. The van der Waals surface area contributed by atoms with Gasteiger partial charge < -0.3 is 14.2 Å². The normalized spacial score (nSPS) is 27.1. The van der Waals surface area contributed by atoms with Gasteiger partial charge in [0.2, 0.25) is 0 Å². The largest absolute Gasteiger partial charge is 0.493 e. The maximum atomic E-state index is 6.21. The Morgan fingerprint density at radius 2 is 2.04 bits per heavy atom. The van der Waals surface area contributed by atoms with Crippen LogP contribution in [0.4, 0.5) is 5.69 Å². The van der Waals surface area contributed by atoms with Gasteiger partial charge in [-0.2, -0.15) is 0 Å². The molecule has 1 fully saturated rings. The molecule has 0 radical (unpaired) electrons. The first-order chi connectivity index (χ1) is 13.3. The van der Waals surface area contributed by atoms with Crippen molar-refractivity contribution in [3.63, 3.8) is 0 Å². The van der Waals surface area contributed by atoms with Gasteiger partial charge in [-0.05, 0) is 36.1 Å². The van der Waals surface area contributed by atoms with E-state index >= 15 is 0 Å². The summed E-state index contributed by atoms with van der Waals surface area (Å²) >= 11 is 1.84. The Morgan fingerprint density at radius 1 is 1.07 bits per heavy atom. The molecule has 4 heterocycles. The van der Waals surface area contributed by atoms with Crippen LogP contribution in [-0.4, -0.2) is 36.7 Å². The first-order valence-corrected chi connectivity index (χ1v) is 10.7. The van der Waals surface area contributed by atoms with Crippen LogP contribution in [-0.2, 0) is 16.6 Å². The number of hydrogen-bond acceptors (Lipinski definition) is 5. The summed E-state index contributed by atoms with van der Waals surface area (Å²) in [6.07, 6.45) is 3.63. The zero-order valence-corrected chi connectivity index (χ0v) is 15.9. The molecule has 1 spiro atoms. The predicted molar refractivity (Wildman–Crippen MR) is 107 cm³/mol. The van der Waals surface area contributed by atoms with Gasteiger partial charge in [-0.25, -0.2) is 4.99 Å². The molecule has 4 aliphatic heterocycles. The summed E-state index contributed by atoms with van der Waals surface area (Å²) in [5.41, 5.74) is 4.58. The van der Waals surface area contributed by atoms with Crippen molar-refractivity contribution in [1.29, 1.82) is 0 Å². The van der Waals surface area contributed by atoms with Gasteiger partial charge in [0.25, 0.3) is 0 Å². The van der Waals surface area contributed by atoms with Crippen molar-refractivity contribution in [3.05, 3.63) is 53.1 Å². The fourth-order valence-corrected chi connectivity index (χ4v) is 5.97. The monoisotopic (exact) mass is 379 g/mol. The fourth-order valence-electron chi connectivity index (χ4n) is 4.68. The molecule has 4 aliphatic rings. The van der Waals surface area contributed by atoms with E-state index in [1.807, 2.05) is 11.8 Å². The van der Waals surface area contributed by atoms with Crippen LogP contribution >= 0.6 is 11.8 Å². The van der Waals surface area contributed by atoms with Crippen molar-refractivity contribution in [2.24, 2.45) is 4.99 Å². The van der Waals surface area contributed by atoms with Crippen LogP contribution < -0.4 is 9.47 Å². The Labute approximate surface area is 162 Å². The van der Waals surface area contributed by atoms with Gasteiger partial charge in [0, 0.05) is 30.4 Å². The van der Waals surface area contributed by atoms with Crippen LogP contribution in [0.2, 0.25) is 0 Å². The number of thioether (sulfide) groups is 1. The summed E-state index contributed by atoms with van der Waals surface area (Å²) in [4.78, 5) is 5.05. The molecular formula is C22H21NO3S. The molecule has 0 bridgehead atoms. The minimum atomic E-state index is -0.285. The second-order valence-corrected chi connectivity index (χ2v) is 8.64. The van der Waals surface area contributed by atoms with Crippen molar-refractivity contribution < 1.29 is 14.2 Å². The number of nitrogens with zero attached hydrogens (tertiary/aromatic N) is 1. The molecule has 2 aromatic carbocycles. The van der Waals surface area contributed by atoms with Gasteiger partial charge in [-0.15, -0.1) is 11.8 Å². The molecule has 2 atom stereocenters. The molecule has 4 nitrogen and oxygen atoms in total. The van der Waals surface area contributed by atoms with E-state index in [1.54, 1.807) is 0 Å². The van der Waals surface area contributed by atoms with Crippen molar-refractivity contribution in [2.45, 2.75) is 30.8 Å². The van der Waals surface area contributed by atoms with Gasteiger partial charge in [-0.3, -0.25) is 0 Å². The third-order valence-corrected chi connectivity index (χ3v) is 7.33. The Hall–Kier alpha value is -1.98. The van der Waals surface area contributed by atoms with Gasteiger partial charge in [0.15, 0.2) is 0 Å². The summed E-state index contributed by atoms with van der Waals surface area (Å²) in [7, 11) is 0. The van der Waals surface area contributed by atoms with Gasteiger partial charge >= 0.3 is 0 Å². The lowest BCUT2D eigenvalue weighted by Crippen LogP contribution is -2.35. The first-order valence-electron chi connectivity index (χ1n) is 9.71. The van der Waals surface area contributed by atoms with E-state index in [2.05, 4.69) is 36.4 Å². The average Bonchev–Trinajstić information content (AvgIpc) is 3.47. The minimum absolute atomic E-state index is 0.285. The molecule has 138 valence electrons. The molecule has 0 aliphatic carbocycles. The van der Waals surface area contributed by atoms with Crippen LogP contribution in [0.25, 0.3) is 0 Å². The molecule has 6 rings (SSSR count). The van der Waals surface area contributed by atoms with Crippen molar-refractivity contribution in [1.82, 2.24) is 0 Å². The summed E-state index contributed by atoms with van der Waals surface area (Å²) in [5, 5.41) is 1.15. The minimum Gasteiger partial charge on any atom is -0.493 e. The molecule has 0 aromatic heterocycles. The second-order valence-electron chi connectivity index (χ2n) is 7.63. The highest BCUT2D eigenvalue weighted by Gasteiger charge is 2.51.